The van der Waals surface area contributed by atoms with Crippen molar-refractivity contribution < 1.29 is 4.79 Å². The first-order valence-corrected chi connectivity index (χ1v) is 12.4. The van der Waals surface area contributed by atoms with Crippen LogP contribution >= 0.6 is 22.9 Å². The van der Waals surface area contributed by atoms with Gasteiger partial charge in [0.15, 0.2) is 5.82 Å². The number of aryl methyl sites for hydroxylation is 1. The number of aromatic nitrogens is 6. The standard InChI is InChI=1S/C25H23ClN8OS/c1-14-21(20-11-17(8-9-34(20)33-14)12-28-24(35)15(2)27-3)25-31-19(10-16-4-6-18(26)7-5-16)22(36-25)23-29-13-30-32-23/h4-9,11,13H,10,12H2,1-3H3,(H,28,35)(H,29,30,32). The Morgan fingerprint density at radius 2 is 2.03 bits per heavy atom. The summed E-state index contributed by atoms with van der Waals surface area (Å²) in [5.41, 5.74) is 6.10. The van der Waals surface area contributed by atoms with Crippen LogP contribution < -0.4 is 5.32 Å². The van der Waals surface area contributed by atoms with E-state index in [1.165, 1.54) is 6.33 Å². The Morgan fingerprint density at radius 3 is 2.75 bits per heavy atom. The van der Waals surface area contributed by atoms with Crippen molar-refractivity contribution in [2.75, 3.05) is 7.05 Å². The zero-order chi connectivity index (χ0) is 25.2. The molecular formula is C25H23ClN8OS. The zero-order valence-electron chi connectivity index (χ0n) is 19.9. The molecule has 0 radical (unpaired) electrons. The molecule has 4 heterocycles. The average Bonchev–Trinajstić information content (AvgIpc) is 3.61. The van der Waals surface area contributed by atoms with Gasteiger partial charge >= 0.3 is 0 Å². The van der Waals surface area contributed by atoms with Gasteiger partial charge in [-0.25, -0.2) is 14.5 Å². The van der Waals surface area contributed by atoms with Crippen LogP contribution in [-0.4, -0.2) is 48.4 Å². The second-order valence-electron chi connectivity index (χ2n) is 8.25. The van der Waals surface area contributed by atoms with Crippen LogP contribution in [-0.2, 0) is 17.8 Å². The number of pyridine rings is 1. The van der Waals surface area contributed by atoms with E-state index in [2.05, 4.69) is 30.6 Å². The molecule has 0 saturated carbocycles. The van der Waals surface area contributed by atoms with Crippen LogP contribution in [0.4, 0.5) is 0 Å². The summed E-state index contributed by atoms with van der Waals surface area (Å²) in [5.74, 6) is 0.485. The second kappa shape index (κ2) is 10.00. The molecule has 0 fully saturated rings. The summed E-state index contributed by atoms with van der Waals surface area (Å²) in [6.45, 7) is 4.04. The maximum atomic E-state index is 12.1. The minimum absolute atomic E-state index is 0.189. The van der Waals surface area contributed by atoms with Crippen LogP contribution in [0.5, 0.6) is 0 Å². The first kappa shape index (κ1) is 23.8. The predicted octanol–water partition coefficient (Wildman–Crippen LogP) is 4.50. The van der Waals surface area contributed by atoms with Crippen molar-refractivity contribution in [2.24, 2.45) is 4.99 Å². The lowest BCUT2D eigenvalue weighted by Crippen LogP contribution is -2.28. The number of halogens is 1. The molecule has 1 amide bonds. The Labute approximate surface area is 216 Å². The lowest BCUT2D eigenvalue weighted by molar-refractivity contribution is -0.115. The summed E-state index contributed by atoms with van der Waals surface area (Å²) in [5, 5.41) is 16.1. The number of hydrogen-bond donors (Lipinski definition) is 2. The number of H-pyrrole nitrogens is 1. The Morgan fingerprint density at radius 1 is 1.22 bits per heavy atom. The van der Waals surface area contributed by atoms with Gasteiger partial charge in [0.05, 0.1) is 33.1 Å². The van der Waals surface area contributed by atoms with Gasteiger partial charge in [-0.3, -0.25) is 14.9 Å². The molecule has 0 aliphatic heterocycles. The van der Waals surface area contributed by atoms with Crippen molar-refractivity contribution in [3.63, 3.8) is 0 Å². The van der Waals surface area contributed by atoms with Gasteiger partial charge in [0.2, 0.25) is 0 Å². The number of nitrogens with one attached hydrogen (secondary N) is 2. The second-order valence-corrected chi connectivity index (χ2v) is 9.68. The number of rotatable bonds is 7. The van der Waals surface area contributed by atoms with Crippen molar-refractivity contribution in [3.8, 4) is 21.3 Å². The first-order valence-electron chi connectivity index (χ1n) is 11.2. The smallest absolute Gasteiger partial charge is 0.265 e. The molecule has 5 aromatic rings. The number of amides is 1. The van der Waals surface area contributed by atoms with Crippen molar-refractivity contribution in [1.29, 1.82) is 0 Å². The number of fused-ring (bicyclic) bond motifs is 1. The highest BCUT2D eigenvalue weighted by atomic mass is 35.5. The summed E-state index contributed by atoms with van der Waals surface area (Å²) in [4.78, 5) is 26.4. The fraction of sp³-hybridized carbons (Fsp3) is 0.200. The fourth-order valence-electron chi connectivity index (χ4n) is 3.87. The maximum absolute atomic E-state index is 12.1. The number of thiazole rings is 1. The third kappa shape index (κ3) is 4.77. The van der Waals surface area contributed by atoms with E-state index in [1.54, 1.807) is 25.3 Å². The molecule has 4 aromatic heterocycles. The van der Waals surface area contributed by atoms with E-state index in [0.717, 1.165) is 43.5 Å². The molecule has 0 aliphatic rings. The Bertz CT molecular complexity index is 1570. The Hall–Kier alpha value is -3.89. The average molecular weight is 519 g/mol. The van der Waals surface area contributed by atoms with E-state index >= 15 is 0 Å². The highest BCUT2D eigenvalue weighted by molar-refractivity contribution is 7.18. The van der Waals surface area contributed by atoms with Crippen molar-refractivity contribution in [2.45, 2.75) is 26.8 Å². The van der Waals surface area contributed by atoms with Gasteiger partial charge in [-0.1, -0.05) is 23.7 Å². The number of aromatic amines is 1. The summed E-state index contributed by atoms with van der Waals surface area (Å²) < 4.78 is 1.84. The number of carbonyl (C=O) groups is 1. The van der Waals surface area contributed by atoms with E-state index < -0.39 is 0 Å². The molecule has 0 aliphatic carbocycles. The van der Waals surface area contributed by atoms with Crippen LogP contribution in [0.15, 0.2) is 53.9 Å². The van der Waals surface area contributed by atoms with Crippen molar-refractivity contribution >= 4 is 40.1 Å². The van der Waals surface area contributed by atoms with Gasteiger partial charge in [-0.05, 0) is 49.2 Å². The van der Waals surface area contributed by atoms with Gasteiger partial charge in [0.25, 0.3) is 5.91 Å². The predicted molar refractivity (Wildman–Crippen MR) is 142 cm³/mol. The number of aliphatic imine (C=N–C) groups is 1. The van der Waals surface area contributed by atoms with Crippen LogP contribution in [0.2, 0.25) is 5.02 Å². The third-order valence-corrected chi connectivity index (χ3v) is 7.19. The SMILES string of the molecule is CN=C(C)C(=O)NCc1ccn2nc(C)c(-c3nc(Cc4ccc(Cl)cc4)c(-c4ncn[nH]4)s3)c2c1. The maximum Gasteiger partial charge on any atom is 0.265 e. The highest BCUT2D eigenvalue weighted by Gasteiger charge is 2.21. The van der Waals surface area contributed by atoms with Crippen LogP contribution in [0, 0.1) is 6.92 Å². The molecule has 11 heteroatoms. The minimum atomic E-state index is -0.189. The van der Waals surface area contributed by atoms with Gasteiger partial charge < -0.3 is 5.32 Å². The van der Waals surface area contributed by atoms with E-state index in [4.69, 9.17) is 16.6 Å². The molecule has 5 rings (SSSR count). The molecular weight excluding hydrogens is 496 g/mol. The molecule has 9 nitrogen and oxygen atoms in total. The molecule has 2 N–H and O–H groups in total. The van der Waals surface area contributed by atoms with E-state index in [-0.39, 0.29) is 5.91 Å². The molecule has 0 atom stereocenters. The zero-order valence-corrected chi connectivity index (χ0v) is 21.5. The highest BCUT2D eigenvalue weighted by Crippen LogP contribution is 2.38. The topological polar surface area (TPSA) is 113 Å². The van der Waals surface area contributed by atoms with Gasteiger partial charge in [0, 0.05) is 31.2 Å². The summed E-state index contributed by atoms with van der Waals surface area (Å²) in [6, 6.07) is 11.7. The van der Waals surface area contributed by atoms with E-state index in [9.17, 15) is 4.79 Å². The fourth-order valence-corrected chi connectivity index (χ4v) is 5.13. The van der Waals surface area contributed by atoms with Crippen molar-refractivity contribution in [3.05, 3.63) is 76.5 Å². The van der Waals surface area contributed by atoms with Gasteiger partial charge in [-0.15, -0.1) is 11.3 Å². The largest absolute Gasteiger partial charge is 0.347 e. The van der Waals surface area contributed by atoms with Gasteiger partial charge in [-0.2, -0.15) is 10.2 Å². The van der Waals surface area contributed by atoms with E-state index in [0.29, 0.717) is 29.5 Å². The molecule has 1 aromatic carbocycles. The lowest BCUT2D eigenvalue weighted by atomic mass is 10.1. The van der Waals surface area contributed by atoms with Crippen LogP contribution in [0.25, 0.3) is 26.8 Å². The Kier molecular flexibility index (Phi) is 6.62. The van der Waals surface area contributed by atoms with Crippen molar-refractivity contribution in [1.82, 2.24) is 35.1 Å². The lowest BCUT2D eigenvalue weighted by Gasteiger charge is -2.06. The normalized spacial score (nSPS) is 11.8. The van der Waals surface area contributed by atoms with Crippen LogP contribution in [0.1, 0.15) is 29.4 Å². The third-order valence-electron chi connectivity index (χ3n) is 5.82. The molecule has 0 bridgehead atoms. The van der Waals surface area contributed by atoms with Gasteiger partial charge in [0.1, 0.15) is 11.3 Å². The molecule has 36 heavy (non-hydrogen) atoms. The molecule has 0 saturated heterocycles. The van der Waals surface area contributed by atoms with Crippen LogP contribution in [0.3, 0.4) is 0 Å². The molecule has 0 unspecified atom stereocenters. The molecule has 182 valence electrons. The molecule has 0 spiro atoms. The quantitative estimate of drug-likeness (QED) is 0.308. The summed E-state index contributed by atoms with van der Waals surface area (Å²) in [6.07, 6.45) is 4.01. The number of carbonyl (C=O) groups excluding carboxylic acids is 1. The number of hydrogen-bond acceptors (Lipinski definition) is 7. The minimum Gasteiger partial charge on any atom is -0.347 e. The Balaban J connectivity index is 1.54. The number of nitrogens with zero attached hydrogens (tertiary/aromatic N) is 6. The first-order chi connectivity index (χ1) is 17.4. The summed E-state index contributed by atoms with van der Waals surface area (Å²) >= 11 is 7.62. The summed E-state index contributed by atoms with van der Waals surface area (Å²) in [7, 11) is 1.60. The monoisotopic (exact) mass is 518 g/mol. The van der Waals surface area contributed by atoms with E-state index in [1.807, 2.05) is 54.0 Å². The number of benzene rings is 1.